The van der Waals surface area contributed by atoms with Gasteiger partial charge < -0.3 is 9.47 Å². The second-order valence-corrected chi connectivity index (χ2v) is 8.74. The minimum Gasteiger partial charge on any atom is -0.493 e. The second-order valence-electron chi connectivity index (χ2n) is 7.89. The summed E-state index contributed by atoms with van der Waals surface area (Å²) >= 11 is 3.61. The molecule has 0 aromatic heterocycles. The van der Waals surface area contributed by atoms with E-state index >= 15 is 0 Å². The predicted molar refractivity (Wildman–Crippen MR) is 140 cm³/mol. The van der Waals surface area contributed by atoms with Gasteiger partial charge in [0.2, 0.25) is 0 Å². The lowest BCUT2D eigenvalue weighted by atomic mass is 10.0. The monoisotopic (exact) mass is 529 g/mol. The molecule has 3 aromatic carbocycles. The minimum atomic E-state index is -0.168. The van der Waals surface area contributed by atoms with Gasteiger partial charge in [-0.15, -0.1) is 0 Å². The van der Waals surface area contributed by atoms with Crippen molar-refractivity contribution in [1.82, 2.24) is 0 Å². The van der Waals surface area contributed by atoms with E-state index in [-0.39, 0.29) is 12.5 Å². The zero-order chi connectivity index (χ0) is 24.8. The Morgan fingerprint density at radius 2 is 1.83 bits per heavy atom. The third kappa shape index (κ3) is 5.28. The normalized spacial score (nSPS) is 14.1. The molecule has 7 heteroatoms. The van der Waals surface area contributed by atoms with Crippen molar-refractivity contribution in [3.05, 3.63) is 93.5 Å². The maximum absolute atomic E-state index is 13.3. The Balaban J connectivity index is 1.64. The fourth-order valence-corrected chi connectivity index (χ4v) is 4.21. The second kappa shape index (κ2) is 11.0. The van der Waals surface area contributed by atoms with Crippen LogP contribution in [0.2, 0.25) is 0 Å². The third-order valence-electron chi connectivity index (χ3n) is 5.55. The van der Waals surface area contributed by atoms with Crippen molar-refractivity contribution in [2.75, 3.05) is 12.1 Å². The number of methoxy groups -OCH3 is 1. The number of hydrazone groups is 1. The number of hydrogen-bond donors (Lipinski definition) is 0. The van der Waals surface area contributed by atoms with Crippen molar-refractivity contribution in [2.45, 2.75) is 26.4 Å². The highest BCUT2D eigenvalue weighted by Crippen LogP contribution is 2.36. The summed E-state index contributed by atoms with van der Waals surface area (Å²) in [7, 11) is 1.57. The summed E-state index contributed by atoms with van der Waals surface area (Å²) in [5.74, 6) is 0.883. The topological polar surface area (TPSA) is 74.9 Å². The molecule has 0 atom stereocenters. The van der Waals surface area contributed by atoms with E-state index < -0.39 is 0 Å². The van der Waals surface area contributed by atoms with Gasteiger partial charge in [-0.2, -0.15) is 15.4 Å². The Morgan fingerprint density at radius 3 is 2.54 bits per heavy atom. The molecule has 0 unspecified atom stereocenters. The number of nitriles is 1. The molecule has 0 aliphatic carbocycles. The molecule has 4 rings (SSSR count). The summed E-state index contributed by atoms with van der Waals surface area (Å²) in [4.78, 5) is 13.3. The lowest BCUT2D eigenvalue weighted by Gasteiger charge is -2.14. The van der Waals surface area contributed by atoms with Crippen LogP contribution in [-0.4, -0.2) is 18.7 Å². The summed E-state index contributed by atoms with van der Waals surface area (Å²) in [6.07, 6.45) is 3.39. The maximum Gasteiger partial charge on any atom is 0.280 e. The number of hydrogen-bond acceptors (Lipinski definition) is 5. The van der Waals surface area contributed by atoms with Crippen molar-refractivity contribution in [1.29, 1.82) is 5.26 Å². The van der Waals surface area contributed by atoms with Crippen LogP contribution in [-0.2, 0) is 11.4 Å². The van der Waals surface area contributed by atoms with Crippen LogP contribution >= 0.6 is 15.9 Å². The third-order valence-corrected chi connectivity index (χ3v) is 6.23. The summed E-state index contributed by atoms with van der Waals surface area (Å²) in [5.41, 5.74) is 4.16. The average Bonchev–Trinajstić information content (AvgIpc) is 3.19. The van der Waals surface area contributed by atoms with Crippen LogP contribution < -0.4 is 14.5 Å². The van der Waals surface area contributed by atoms with Gasteiger partial charge in [-0.25, -0.2) is 0 Å². The van der Waals surface area contributed by atoms with Crippen LogP contribution in [0.15, 0.2) is 81.9 Å². The van der Waals surface area contributed by atoms with Crippen molar-refractivity contribution >= 4 is 39.3 Å². The highest BCUT2D eigenvalue weighted by Gasteiger charge is 2.30. The van der Waals surface area contributed by atoms with Crippen molar-refractivity contribution in [3.63, 3.8) is 0 Å². The van der Waals surface area contributed by atoms with Gasteiger partial charge >= 0.3 is 0 Å². The first-order valence-corrected chi connectivity index (χ1v) is 12.0. The van der Waals surface area contributed by atoms with Crippen LogP contribution in [0.3, 0.4) is 0 Å². The number of benzene rings is 3. The van der Waals surface area contributed by atoms with Gasteiger partial charge in [0, 0.05) is 10.0 Å². The van der Waals surface area contributed by atoms with E-state index in [1.54, 1.807) is 13.2 Å². The molecule has 6 nitrogen and oxygen atoms in total. The van der Waals surface area contributed by atoms with E-state index in [4.69, 9.17) is 9.47 Å². The smallest absolute Gasteiger partial charge is 0.280 e. The number of rotatable bonds is 8. The van der Waals surface area contributed by atoms with E-state index in [2.05, 4.69) is 34.0 Å². The number of halogens is 1. The minimum absolute atomic E-state index is 0.168. The number of carbonyl (C=O) groups is 1. The zero-order valence-electron chi connectivity index (χ0n) is 19.5. The predicted octanol–water partition coefficient (Wildman–Crippen LogP) is 6.49. The standard InChI is InChI=1S/C28H24BrN3O3/c1-3-9-25-23(28(33)32(31-25)22-12-5-4-6-13-22)14-21-15-26(34-2)27(16-24(21)29)35-18-20-11-8-7-10-19(20)17-30/h4-8,10-16H,3,9,18H2,1-2H3/b23-14+. The first kappa shape index (κ1) is 24.2. The van der Waals surface area contributed by atoms with E-state index in [0.717, 1.165) is 33.4 Å². The summed E-state index contributed by atoms with van der Waals surface area (Å²) in [6, 6.07) is 22.5. The molecule has 0 bridgehead atoms. The molecule has 0 radical (unpaired) electrons. The first-order chi connectivity index (χ1) is 17.0. The van der Waals surface area contributed by atoms with Gasteiger partial charge in [-0.3, -0.25) is 4.79 Å². The lowest BCUT2D eigenvalue weighted by Crippen LogP contribution is -2.21. The van der Waals surface area contributed by atoms with Gasteiger partial charge in [-0.05, 0) is 48.4 Å². The number of nitrogens with zero attached hydrogens (tertiary/aromatic N) is 3. The molecule has 0 N–H and O–H groups in total. The van der Waals surface area contributed by atoms with E-state index in [1.165, 1.54) is 5.01 Å². The van der Waals surface area contributed by atoms with Crippen LogP contribution in [0.25, 0.3) is 6.08 Å². The van der Waals surface area contributed by atoms with E-state index in [1.807, 2.05) is 66.7 Å². The fraction of sp³-hybridized carbons (Fsp3) is 0.179. The Morgan fingerprint density at radius 1 is 1.09 bits per heavy atom. The van der Waals surface area contributed by atoms with Gasteiger partial charge in [0.1, 0.15) is 6.61 Å². The molecule has 1 heterocycles. The van der Waals surface area contributed by atoms with Gasteiger partial charge in [0.25, 0.3) is 5.91 Å². The average molecular weight is 530 g/mol. The van der Waals surface area contributed by atoms with E-state index in [0.29, 0.717) is 29.1 Å². The number of carbonyl (C=O) groups excluding carboxylic acids is 1. The molecule has 0 saturated heterocycles. The molecule has 0 fully saturated rings. The number of anilines is 1. The van der Waals surface area contributed by atoms with Crippen molar-refractivity contribution in [3.8, 4) is 17.6 Å². The van der Waals surface area contributed by atoms with Crippen LogP contribution in [0.4, 0.5) is 5.69 Å². The van der Waals surface area contributed by atoms with Crippen LogP contribution in [0.5, 0.6) is 11.5 Å². The van der Waals surface area contributed by atoms with Crippen molar-refractivity contribution in [2.24, 2.45) is 5.10 Å². The highest BCUT2D eigenvalue weighted by atomic mass is 79.9. The van der Waals surface area contributed by atoms with Crippen LogP contribution in [0, 0.1) is 11.3 Å². The Labute approximate surface area is 213 Å². The Bertz CT molecular complexity index is 1340. The molecule has 0 spiro atoms. The van der Waals surface area contributed by atoms with Gasteiger partial charge in [0.05, 0.1) is 35.7 Å². The SMILES string of the molecule is CCCC1=NN(c2ccccc2)C(=O)/C1=C/c1cc(OC)c(OCc2ccccc2C#N)cc1Br. The molecule has 3 aromatic rings. The molecule has 0 saturated carbocycles. The first-order valence-electron chi connectivity index (χ1n) is 11.2. The molecular weight excluding hydrogens is 506 g/mol. The van der Waals surface area contributed by atoms with Gasteiger partial charge in [-0.1, -0.05) is 65.7 Å². The highest BCUT2D eigenvalue weighted by molar-refractivity contribution is 9.10. The maximum atomic E-state index is 13.3. The lowest BCUT2D eigenvalue weighted by molar-refractivity contribution is -0.114. The molecule has 35 heavy (non-hydrogen) atoms. The largest absolute Gasteiger partial charge is 0.493 e. The quantitative estimate of drug-likeness (QED) is 0.312. The molecule has 1 aliphatic rings. The molecule has 176 valence electrons. The number of ether oxygens (including phenoxy) is 2. The Hall–Kier alpha value is -3.89. The zero-order valence-corrected chi connectivity index (χ0v) is 21.1. The Kier molecular flexibility index (Phi) is 7.64. The number of amides is 1. The van der Waals surface area contributed by atoms with Gasteiger partial charge in [0.15, 0.2) is 11.5 Å². The van der Waals surface area contributed by atoms with Crippen LogP contribution in [0.1, 0.15) is 36.5 Å². The fourth-order valence-electron chi connectivity index (χ4n) is 3.77. The molecular formula is C28H24BrN3O3. The molecule has 1 aliphatic heterocycles. The summed E-state index contributed by atoms with van der Waals surface area (Å²) in [5, 5.41) is 15.4. The molecule has 1 amide bonds. The van der Waals surface area contributed by atoms with E-state index in [9.17, 15) is 10.1 Å². The summed E-state index contributed by atoms with van der Waals surface area (Å²) < 4.78 is 12.3. The van der Waals surface area contributed by atoms with Crippen molar-refractivity contribution < 1.29 is 14.3 Å². The summed E-state index contributed by atoms with van der Waals surface area (Å²) in [6.45, 7) is 2.29. The number of para-hydroxylation sites is 1.